The summed E-state index contributed by atoms with van der Waals surface area (Å²) in [6.45, 7) is 0. The zero-order chi connectivity index (χ0) is 20.2. The van der Waals surface area contributed by atoms with Crippen molar-refractivity contribution in [2.45, 2.75) is 9.99 Å². The van der Waals surface area contributed by atoms with Crippen molar-refractivity contribution in [3.05, 3.63) is 93.6 Å². The molecule has 4 nitrogen and oxygen atoms in total. The summed E-state index contributed by atoms with van der Waals surface area (Å²) < 4.78 is 6.59. The molecular weight excluding hydrogens is 472 g/mol. The van der Waals surface area contributed by atoms with Crippen LogP contribution >= 0.6 is 39.3 Å². The van der Waals surface area contributed by atoms with Crippen LogP contribution in [0.1, 0.15) is 16.1 Å². The predicted molar refractivity (Wildman–Crippen MR) is 121 cm³/mol. The summed E-state index contributed by atoms with van der Waals surface area (Å²) in [7, 11) is 0. The first-order valence-electron chi connectivity index (χ1n) is 8.64. The molecule has 1 amide bonds. The van der Waals surface area contributed by atoms with Gasteiger partial charge in [-0.2, -0.15) is 5.10 Å². The van der Waals surface area contributed by atoms with Gasteiger partial charge < -0.3 is 4.42 Å². The lowest BCUT2D eigenvalue weighted by Gasteiger charge is -2.04. The Bertz CT molecular complexity index is 1200. The van der Waals surface area contributed by atoms with Crippen molar-refractivity contribution in [1.29, 1.82) is 0 Å². The third kappa shape index (κ3) is 4.72. The highest BCUT2D eigenvalue weighted by Gasteiger charge is 2.11. The van der Waals surface area contributed by atoms with Gasteiger partial charge in [0.1, 0.15) is 5.76 Å². The number of carbonyl (C=O) groups excluding carboxylic acids is 1. The van der Waals surface area contributed by atoms with Crippen LogP contribution in [0.4, 0.5) is 0 Å². The molecule has 1 heterocycles. The van der Waals surface area contributed by atoms with Gasteiger partial charge in [-0.1, -0.05) is 59.8 Å². The maximum Gasteiger partial charge on any atom is 0.271 e. The zero-order valence-corrected chi connectivity index (χ0v) is 18.1. The van der Waals surface area contributed by atoms with Crippen LogP contribution in [0, 0.1) is 0 Å². The van der Waals surface area contributed by atoms with Crippen LogP contribution in [0.5, 0.6) is 0 Å². The number of hydrazone groups is 1. The largest absolute Gasteiger partial charge is 0.447 e. The van der Waals surface area contributed by atoms with Crippen molar-refractivity contribution in [3.63, 3.8) is 0 Å². The van der Waals surface area contributed by atoms with E-state index in [1.54, 1.807) is 12.1 Å². The van der Waals surface area contributed by atoms with Crippen molar-refractivity contribution in [2.24, 2.45) is 5.10 Å². The Balaban J connectivity index is 1.45. The van der Waals surface area contributed by atoms with E-state index < -0.39 is 0 Å². The lowest BCUT2D eigenvalue weighted by atomic mass is 10.0. The standard InChI is InChI=1S/C22H14BrClN2O2S/c23-20-12-16(28-22(20)29-17-10-8-15(24)9-11-17)13-25-26-21(27)19-7-3-5-14-4-1-2-6-18(14)19/h1-13H,(H,26,27)/b25-13+. The molecule has 0 aliphatic carbocycles. The van der Waals surface area contributed by atoms with Crippen LogP contribution in [0.2, 0.25) is 5.02 Å². The SMILES string of the molecule is O=C(N/N=C/c1cc(Br)c(Sc2ccc(Cl)cc2)o1)c1cccc2ccccc12. The van der Waals surface area contributed by atoms with Crippen LogP contribution in [0.15, 0.2) is 96.8 Å². The quantitative estimate of drug-likeness (QED) is 0.251. The minimum Gasteiger partial charge on any atom is -0.447 e. The highest BCUT2D eigenvalue weighted by atomic mass is 79.9. The van der Waals surface area contributed by atoms with Gasteiger partial charge in [0.25, 0.3) is 5.91 Å². The number of nitrogens with one attached hydrogen (secondary N) is 1. The third-order valence-electron chi connectivity index (χ3n) is 4.09. The van der Waals surface area contributed by atoms with Gasteiger partial charge in [0, 0.05) is 21.5 Å². The fraction of sp³-hybridized carbons (Fsp3) is 0. The summed E-state index contributed by atoms with van der Waals surface area (Å²) in [6, 6.07) is 22.6. The number of rotatable bonds is 5. The fourth-order valence-corrected chi connectivity index (χ4v) is 4.21. The van der Waals surface area contributed by atoms with Gasteiger partial charge in [-0.05, 0) is 57.0 Å². The molecule has 144 valence electrons. The first-order valence-corrected chi connectivity index (χ1v) is 10.6. The van der Waals surface area contributed by atoms with Crippen LogP contribution in [0.25, 0.3) is 10.8 Å². The van der Waals surface area contributed by atoms with Crippen LogP contribution in [-0.4, -0.2) is 12.1 Å². The summed E-state index contributed by atoms with van der Waals surface area (Å²) >= 11 is 10.9. The third-order valence-corrected chi connectivity index (χ3v) is 6.19. The Hall–Kier alpha value is -2.54. The van der Waals surface area contributed by atoms with Gasteiger partial charge in [-0.3, -0.25) is 4.79 Å². The molecule has 7 heteroatoms. The Labute approximate surface area is 185 Å². The summed E-state index contributed by atoms with van der Waals surface area (Å²) in [5.74, 6) is 0.242. The maximum absolute atomic E-state index is 12.5. The van der Waals surface area contributed by atoms with Crippen LogP contribution in [-0.2, 0) is 0 Å². The average Bonchev–Trinajstić information content (AvgIpc) is 3.08. The van der Waals surface area contributed by atoms with Crippen molar-refractivity contribution in [3.8, 4) is 0 Å². The van der Waals surface area contributed by atoms with Crippen molar-refractivity contribution < 1.29 is 9.21 Å². The van der Waals surface area contributed by atoms with Crippen molar-refractivity contribution in [1.82, 2.24) is 5.43 Å². The second-order valence-electron chi connectivity index (χ2n) is 6.07. The van der Waals surface area contributed by atoms with E-state index in [2.05, 4.69) is 26.5 Å². The number of nitrogens with zero attached hydrogens (tertiary/aromatic N) is 1. The molecule has 0 bridgehead atoms. The molecule has 0 atom stereocenters. The molecule has 4 rings (SSSR count). The number of hydrogen-bond donors (Lipinski definition) is 1. The summed E-state index contributed by atoms with van der Waals surface area (Å²) in [5.41, 5.74) is 3.13. The van der Waals surface area contributed by atoms with E-state index in [1.807, 2.05) is 60.7 Å². The molecule has 4 aromatic rings. The molecule has 0 saturated heterocycles. The number of amides is 1. The number of hydrogen-bond acceptors (Lipinski definition) is 4. The first-order chi connectivity index (χ1) is 14.1. The molecule has 0 unspecified atom stereocenters. The highest BCUT2D eigenvalue weighted by molar-refractivity contribution is 9.10. The highest BCUT2D eigenvalue weighted by Crippen LogP contribution is 2.35. The van der Waals surface area contributed by atoms with E-state index in [0.29, 0.717) is 21.4 Å². The fourth-order valence-electron chi connectivity index (χ4n) is 2.75. The molecule has 0 saturated carbocycles. The van der Waals surface area contributed by atoms with E-state index in [4.69, 9.17) is 16.0 Å². The molecule has 0 spiro atoms. The van der Waals surface area contributed by atoms with Crippen LogP contribution in [0.3, 0.4) is 0 Å². The summed E-state index contributed by atoms with van der Waals surface area (Å²) in [5, 5.41) is 7.29. The minimum absolute atomic E-state index is 0.278. The Kier molecular flexibility index (Phi) is 6.04. The molecule has 1 N–H and O–H groups in total. The Morgan fingerprint density at radius 3 is 2.66 bits per heavy atom. The predicted octanol–water partition coefficient (Wildman–Crippen LogP) is 6.76. The normalized spacial score (nSPS) is 11.2. The number of halogens is 2. The number of carbonyl (C=O) groups is 1. The summed E-state index contributed by atoms with van der Waals surface area (Å²) in [6.07, 6.45) is 1.47. The van der Waals surface area contributed by atoms with Gasteiger partial charge in [-0.15, -0.1) is 0 Å². The lowest BCUT2D eigenvalue weighted by Crippen LogP contribution is -2.17. The van der Waals surface area contributed by atoms with Gasteiger partial charge >= 0.3 is 0 Å². The van der Waals surface area contributed by atoms with Crippen LogP contribution < -0.4 is 5.43 Å². The maximum atomic E-state index is 12.5. The van der Waals surface area contributed by atoms with Crippen molar-refractivity contribution >= 4 is 62.2 Å². The molecule has 0 radical (unpaired) electrons. The van der Waals surface area contributed by atoms with Crippen molar-refractivity contribution in [2.75, 3.05) is 0 Å². The zero-order valence-electron chi connectivity index (χ0n) is 14.9. The van der Waals surface area contributed by atoms with Gasteiger partial charge in [-0.25, -0.2) is 5.43 Å². The number of furan rings is 1. The molecule has 29 heavy (non-hydrogen) atoms. The second-order valence-corrected chi connectivity index (χ2v) is 8.40. The average molecular weight is 486 g/mol. The van der Waals surface area contributed by atoms with E-state index in [1.165, 1.54) is 18.0 Å². The number of benzene rings is 3. The molecule has 3 aromatic carbocycles. The van der Waals surface area contributed by atoms with Gasteiger partial charge in [0.05, 0.1) is 10.7 Å². The lowest BCUT2D eigenvalue weighted by molar-refractivity contribution is 0.0957. The topological polar surface area (TPSA) is 54.6 Å². The molecule has 1 aromatic heterocycles. The Morgan fingerprint density at radius 2 is 1.83 bits per heavy atom. The first kappa shape index (κ1) is 19.8. The second kappa shape index (κ2) is 8.86. The minimum atomic E-state index is -0.278. The number of fused-ring (bicyclic) bond motifs is 1. The monoisotopic (exact) mass is 484 g/mol. The Morgan fingerprint density at radius 1 is 1.07 bits per heavy atom. The van der Waals surface area contributed by atoms with E-state index in [0.717, 1.165) is 20.1 Å². The van der Waals surface area contributed by atoms with Gasteiger partial charge in [0.2, 0.25) is 0 Å². The summed E-state index contributed by atoms with van der Waals surface area (Å²) in [4.78, 5) is 13.5. The molecule has 0 aliphatic rings. The van der Waals surface area contributed by atoms with E-state index in [9.17, 15) is 4.79 Å². The molecular formula is C22H14BrClN2O2S. The molecule has 0 fully saturated rings. The smallest absolute Gasteiger partial charge is 0.271 e. The van der Waals surface area contributed by atoms with E-state index in [-0.39, 0.29) is 5.91 Å². The van der Waals surface area contributed by atoms with Gasteiger partial charge in [0.15, 0.2) is 5.09 Å². The molecule has 0 aliphatic heterocycles. The van der Waals surface area contributed by atoms with E-state index >= 15 is 0 Å².